The number of carbonyl (C=O) groups is 1. The number of hydrogen-bond donors (Lipinski definition) is 2. The maximum atomic E-state index is 11.0. The van der Waals surface area contributed by atoms with Crippen molar-refractivity contribution in [3.05, 3.63) is 41.6 Å². The molecule has 0 bridgehead atoms. The van der Waals surface area contributed by atoms with Gasteiger partial charge < -0.3 is 10.4 Å². The molecule has 100 valence electrons. The molecule has 5 heteroatoms. The predicted octanol–water partition coefficient (Wildman–Crippen LogP) is 2.68. The molecule has 2 N–H and O–H groups in total. The molecule has 0 saturated carbocycles. The van der Waals surface area contributed by atoms with Gasteiger partial charge in [0.2, 0.25) is 0 Å². The zero-order valence-electron chi connectivity index (χ0n) is 11.1. The number of rotatable bonds is 2. The molecule has 0 aromatic heterocycles. The number of thiocarbonyl (C=S) groups is 1. The van der Waals surface area contributed by atoms with Crippen molar-refractivity contribution in [3.63, 3.8) is 0 Å². The van der Waals surface area contributed by atoms with Gasteiger partial charge in [0.25, 0.3) is 0 Å². The predicted molar refractivity (Wildman–Crippen MR) is 79.6 cm³/mol. The number of nitrogens with one attached hydrogen (secondary N) is 1. The third-order valence-electron chi connectivity index (χ3n) is 3.00. The molecule has 0 unspecified atom stereocenters. The average molecular weight is 276 g/mol. The number of hydrogen-bond acceptors (Lipinski definition) is 2. The first-order chi connectivity index (χ1) is 8.80. The molecule has 0 saturated heterocycles. The van der Waals surface area contributed by atoms with Crippen molar-refractivity contribution >= 4 is 29.0 Å². The lowest BCUT2D eigenvalue weighted by Crippen LogP contribution is -2.51. The molecule has 19 heavy (non-hydrogen) atoms. The third kappa shape index (κ3) is 2.76. The van der Waals surface area contributed by atoms with Gasteiger partial charge in [0.15, 0.2) is 5.11 Å². The minimum Gasteiger partial charge on any atom is -0.478 e. The highest BCUT2D eigenvalue weighted by Gasteiger charge is 2.24. The first-order valence-electron chi connectivity index (χ1n) is 5.95. The Kier molecular flexibility index (Phi) is 3.32. The van der Waals surface area contributed by atoms with E-state index in [4.69, 9.17) is 17.3 Å². The fourth-order valence-corrected chi connectivity index (χ4v) is 2.32. The molecule has 0 spiro atoms. The molecule has 1 heterocycles. The number of aryl methyl sites for hydroxylation is 1. The van der Waals surface area contributed by atoms with Gasteiger partial charge in [-0.15, -0.1) is 0 Å². The van der Waals surface area contributed by atoms with Crippen molar-refractivity contribution in [1.82, 2.24) is 5.32 Å². The Hall–Kier alpha value is -1.88. The zero-order chi connectivity index (χ0) is 14.2. The van der Waals surface area contributed by atoms with Gasteiger partial charge in [-0.25, -0.2) is 4.79 Å². The second kappa shape index (κ2) is 4.66. The number of carboxylic acids is 1. The van der Waals surface area contributed by atoms with E-state index in [0.717, 1.165) is 11.3 Å². The monoisotopic (exact) mass is 276 g/mol. The van der Waals surface area contributed by atoms with Crippen molar-refractivity contribution in [1.29, 1.82) is 0 Å². The van der Waals surface area contributed by atoms with Gasteiger partial charge in [-0.05, 0) is 56.8 Å². The standard InChI is InChI=1S/C14H16N2O2S/c1-9-4-5-10(12(17)18)8-11(9)16-7-6-14(2,3)15-13(16)19/h4-8H,1-3H3,(H,15,19)(H,17,18). The van der Waals surface area contributed by atoms with Crippen LogP contribution in [0.4, 0.5) is 5.69 Å². The number of aromatic carboxylic acids is 1. The molecule has 0 amide bonds. The zero-order valence-corrected chi connectivity index (χ0v) is 11.9. The summed E-state index contributed by atoms with van der Waals surface area (Å²) in [5.41, 5.74) is 1.82. The molecule has 2 rings (SSSR count). The Bertz CT molecular complexity index is 579. The number of anilines is 1. The Morgan fingerprint density at radius 2 is 2.11 bits per heavy atom. The molecule has 1 aromatic carbocycles. The molecule has 1 aliphatic heterocycles. The average Bonchev–Trinajstić information content (AvgIpc) is 2.29. The lowest BCUT2D eigenvalue weighted by Gasteiger charge is -2.35. The second-order valence-corrected chi connectivity index (χ2v) is 5.53. The Labute approximate surface area is 117 Å². The van der Waals surface area contributed by atoms with Crippen LogP contribution in [-0.4, -0.2) is 21.7 Å². The maximum absolute atomic E-state index is 11.0. The topological polar surface area (TPSA) is 52.6 Å². The summed E-state index contributed by atoms with van der Waals surface area (Å²) < 4.78 is 0. The molecule has 1 aromatic rings. The number of carboxylic acid groups (broad SMARTS) is 1. The highest BCUT2D eigenvalue weighted by atomic mass is 32.1. The van der Waals surface area contributed by atoms with Crippen LogP contribution in [0.2, 0.25) is 0 Å². The van der Waals surface area contributed by atoms with Crippen LogP contribution >= 0.6 is 12.2 Å². The van der Waals surface area contributed by atoms with Crippen LogP contribution in [0.15, 0.2) is 30.5 Å². The van der Waals surface area contributed by atoms with Gasteiger partial charge >= 0.3 is 5.97 Å². The summed E-state index contributed by atoms with van der Waals surface area (Å²) in [5.74, 6) is -0.943. The van der Waals surface area contributed by atoms with Crippen LogP contribution in [0.3, 0.4) is 0 Å². The Morgan fingerprint density at radius 3 is 2.68 bits per heavy atom. The summed E-state index contributed by atoms with van der Waals surface area (Å²) in [4.78, 5) is 12.8. The van der Waals surface area contributed by atoms with Gasteiger partial charge in [-0.1, -0.05) is 6.07 Å². The Morgan fingerprint density at radius 1 is 1.42 bits per heavy atom. The summed E-state index contributed by atoms with van der Waals surface area (Å²) in [7, 11) is 0. The van der Waals surface area contributed by atoms with Crippen LogP contribution in [0.5, 0.6) is 0 Å². The van der Waals surface area contributed by atoms with Crippen LogP contribution < -0.4 is 10.2 Å². The van der Waals surface area contributed by atoms with Crippen molar-refractivity contribution in [2.24, 2.45) is 0 Å². The van der Waals surface area contributed by atoms with E-state index in [1.165, 1.54) is 0 Å². The second-order valence-electron chi connectivity index (χ2n) is 5.14. The van der Waals surface area contributed by atoms with E-state index in [-0.39, 0.29) is 11.1 Å². The van der Waals surface area contributed by atoms with Crippen LogP contribution in [-0.2, 0) is 0 Å². The number of benzene rings is 1. The van der Waals surface area contributed by atoms with E-state index in [9.17, 15) is 4.79 Å². The summed E-state index contributed by atoms with van der Waals surface area (Å²) >= 11 is 5.34. The van der Waals surface area contributed by atoms with Gasteiger partial charge in [-0.2, -0.15) is 0 Å². The highest BCUT2D eigenvalue weighted by molar-refractivity contribution is 7.80. The van der Waals surface area contributed by atoms with E-state index in [1.54, 1.807) is 23.1 Å². The fraction of sp³-hybridized carbons (Fsp3) is 0.286. The molecule has 0 fully saturated rings. The Balaban J connectivity index is 2.45. The van der Waals surface area contributed by atoms with Gasteiger partial charge in [0.05, 0.1) is 16.8 Å². The quantitative estimate of drug-likeness (QED) is 0.813. The summed E-state index contributed by atoms with van der Waals surface area (Å²) in [6.07, 6.45) is 3.88. The van der Waals surface area contributed by atoms with E-state index in [0.29, 0.717) is 5.11 Å². The smallest absolute Gasteiger partial charge is 0.335 e. The first kappa shape index (κ1) is 13.5. The van der Waals surface area contributed by atoms with E-state index in [2.05, 4.69) is 5.32 Å². The maximum Gasteiger partial charge on any atom is 0.335 e. The molecule has 1 aliphatic rings. The third-order valence-corrected chi connectivity index (χ3v) is 3.30. The lowest BCUT2D eigenvalue weighted by molar-refractivity contribution is 0.0697. The van der Waals surface area contributed by atoms with E-state index in [1.807, 2.05) is 33.0 Å². The largest absolute Gasteiger partial charge is 0.478 e. The molecular formula is C14H16N2O2S. The molecular weight excluding hydrogens is 260 g/mol. The van der Waals surface area contributed by atoms with Crippen LogP contribution in [0, 0.1) is 6.92 Å². The van der Waals surface area contributed by atoms with Crippen molar-refractivity contribution in [2.75, 3.05) is 4.90 Å². The normalized spacial score (nSPS) is 17.2. The fourth-order valence-electron chi connectivity index (χ4n) is 1.90. The van der Waals surface area contributed by atoms with Crippen molar-refractivity contribution < 1.29 is 9.90 Å². The minimum atomic E-state index is -0.943. The summed E-state index contributed by atoms with van der Waals surface area (Å²) in [6, 6.07) is 5.01. The van der Waals surface area contributed by atoms with Crippen LogP contribution in [0.1, 0.15) is 29.8 Å². The molecule has 0 atom stereocenters. The molecule has 4 nitrogen and oxygen atoms in total. The highest BCUT2D eigenvalue weighted by Crippen LogP contribution is 2.25. The number of nitrogens with zero attached hydrogens (tertiary/aromatic N) is 1. The lowest BCUT2D eigenvalue weighted by atomic mass is 10.0. The van der Waals surface area contributed by atoms with Gasteiger partial charge in [0, 0.05) is 6.20 Å². The van der Waals surface area contributed by atoms with Crippen molar-refractivity contribution in [3.8, 4) is 0 Å². The van der Waals surface area contributed by atoms with Gasteiger partial charge in [-0.3, -0.25) is 4.90 Å². The van der Waals surface area contributed by atoms with E-state index >= 15 is 0 Å². The van der Waals surface area contributed by atoms with Gasteiger partial charge in [0.1, 0.15) is 0 Å². The van der Waals surface area contributed by atoms with E-state index < -0.39 is 5.97 Å². The first-order valence-corrected chi connectivity index (χ1v) is 6.36. The minimum absolute atomic E-state index is 0.189. The summed E-state index contributed by atoms with van der Waals surface area (Å²) in [6.45, 7) is 5.97. The SMILES string of the molecule is Cc1ccc(C(=O)O)cc1N1C=CC(C)(C)NC1=S. The van der Waals surface area contributed by atoms with Crippen LogP contribution in [0.25, 0.3) is 0 Å². The molecule has 0 radical (unpaired) electrons. The molecule has 0 aliphatic carbocycles. The van der Waals surface area contributed by atoms with Crippen molar-refractivity contribution in [2.45, 2.75) is 26.3 Å². The summed E-state index contributed by atoms with van der Waals surface area (Å²) in [5, 5.41) is 12.8.